The molecule has 0 saturated carbocycles. The largest absolute Gasteiger partial charge is 0.460 e. The molecule has 1 N–H and O–H groups in total. The summed E-state index contributed by atoms with van der Waals surface area (Å²) >= 11 is 0. The summed E-state index contributed by atoms with van der Waals surface area (Å²) in [5, 5.41) is 0. The van der Waals surface area contributed by atoms with Gasteiger partial charge in [-0.2, -0.15) is 0 Å². The second-order valence-electron chi connectivity index (χ2n) is 19.9. The Morgan fingerprint density at radius 2 is 0.857 bits per heavy atom. The van der Waals surface area contributed by atoms with Crippen LogP contribution in [0.25, 0.3) is 0 Å². The molecule has 1 atom stereocenters. The van der Waals surface area contributed by atoms with Gasteiger partial charge >= 0.3 is 8.60 Å². The second kappa shape index (κ2) is 24.5. The standard InChI is InChI=1S/C52H89O3P/c1-12-15-17-19-21-23-25-27-29-31-33-35-43(14-3)52(36-34-32-30-28-26-24-22-20-18-16-13-2)44-39-46(50(6,7)8)48(37-41(44)4)54-56(53)55-49-38-42(5)45(52)40-47(49)51(9,10)11/h37-40,43,53H,12-36H2,1-11H3. The highest BCUT2D eigenvalue weighted by molar-refractivity contribution is 7.41. The average molecular weight is 793 g/mol. The molecule has 4 heteroatoms. The first-order valence-electron chi connectivity index (χ1n) is 23.9. The normalized spacial score (nSPS) is 17.8. The van der Waals surface area contributed by atoms with Crippen molar-refractivity contribution in [1.29, 1.82) is 0 Å². The molecule has 0 fully saturated rings. The maximum atomic E-state index is 11.4. The smallest absolute Gasteiger partial charge is 0.418 e. The molecule has 1 unspecified atom stereocenters. The zero-order chi connectivity index (χ0) is 41.2. The molecule has 4 bridgehead atoms. The van der Waals surface area contributed by atoms with Gasteiger partial charge in [-0.25, -0.2) is 0 Å². The first kappa shape index (κ1) is 48.8. The minimum absolute atomic E-state index is 0.138. The van der Waals surface area contributed by atoms with Gasteiger partial charge in [-0.1, -0.05) is 222 Å². The number of rotatable bonds is 26. The molecule has 0 radical (unpaired) electrons. The van der Waals surface area contributed by atoms with Crippen LogP contribution in [-0.4, -0.2) is 4.89 Å². The van der Waals surface area contributed by atoms with E-state index in [4.69, 9.17) is 9.05 Å². The molecule has 3 nitrogen and oxygen atoms in total. The van der Waals surface area contributed by atoms with Crippen LogP contribution in [0.2, 0.25) is 0 Å². The van der Waals surface area contributed by atoms with Crippen molar-refractivity contribution < 1.29 is 13.9 Å². The monoisotopic (exact) mass is 793 g/mol. The molecular formula is C52H89O3P. The molecule has 4 aliphatic heterocycles. The number of hydrogen-bond acceptors (Lipinski definition) is 3. The van der Waals surface area contributed by atoms with E-state index in [2.05, 4.69) is 100 Å². The Balaban J connectivity index is 2.04. The third-order valence-electron chi connectivity index (χ3n) is 13.1. The third-order valence-corrected chi connectivity index (χ3v) is 13.8. The minimum Gasteiger partial charge on any atom is -0.418 e. The quantitative estimate of drug-likeness (QED) is 0.0762. The van der Waals surface area contributed by atoms with Crippen molar-refractivity contribution in [2.45, 2.75) is 253 Å². The average Bonchev–Trinajstić information content (AvgIpc) is 3.12. The van der Waals surface area contributed by atoms with E-state index >= 15 is 0 Å². The zero-order valence-corrected chi connectivity index (χ0v) is 39.7. The highest BCUT2D eigenvalue weighted by Crippen LogP contribution is 2.55. The first-order chi connectivity index (χ1) is 26.7. The van der Waals surface area contributed by atoms with Gasteiger partial charge in [0.05, 0.1) is 0 Å². The summed E-state index contributed by atoms with van der Waals surface area (Å²) < 4.78 is 12.8. The molecule has 4 aliphatic rings. The van der Waals surface area contributed by atoms with E-state index in [0.717, 1.165) is 24.3 Å². The summed E-state index contributed by atoms with van der Waals surface area (Å²) in [6.45, 7) is 25.4. The SMILES string of the molecule is CCCCCCCCCCCCCC(CC)C1(CCCCCCCCCCCCC)c2cc(C(C)(C)C)c(cc2C)OP(O)Oc2cc(C)c1cc2C(C)(C)C. The summed E-state index contributed by atoms with van der Waals surface area (Å²) in [4.78, 5) is 11.4. The van der Waals surface area contributed by atoms with Crippen molar-refractivity contribution in [2.24, 2.45) is 5.92 Å². The fraction of sp³-hybridized carbons (Fsp3) is 0.769. The van der Waals surface area contributed by atoms with Gasteiger partial charge in [0.2, 0.25) is 0 Å². The fourth-order valence-electron chi connectivity index (χ4n) is 9.81. The molecular weight excluding hydrogens is 704 g/mol. The molecule has 0 saturated heterocycles. The lowest BCUT2D eigenvalue weighted by Gasteiger charge is -2.46. The zero-order valence-electron chi connectivity index (χ0n) is 38.8. The summed E-state index contributed by atoms with van der Waals surface area (Å²) in [6.07, 6.45) is 33.6. The lowest BCUT2D eigenvalue weighted by Crippen LogP contribution is -2.39. The van der Waals surface area contributed by atoms with E-state index in [-0.39, 0.29) is 16.2 Å². The van der Waals surface area contributed by atoms with Gasteiger partial charge < -0.3 is 13.9 Å². The number of unbranched alkanes of at least 4 members (excludes halogenated alkanes) is 20. The molecule has 0 aliphatic carbocycles. The molecule has 2 aromatic carbocycles. The van der Waals surface area contributed by atoms with Gasteiger partial charge in [0.25, 0.3) is 0 Å². The van der Waals surface area contributed by atoms with Gasteiger partial charge in [0.1, 0.15) is 11.5 Å². The van der Waals surface area contributed by atoms with Crippen LogP contribution in [-0.2, 0) is 16.2 Å². The van der Waals surface area contributed by atoms with Gasteiger partial charge in [0, 0.05) is 16.5 Å². The molecule has 6 rings (SSSR count). The van der Waals surface area contributed by atoms with Crippen LogP contribution in [0, 0.1) is 19.8 Å². The summed E-state index contributed by atoms with van der Waals surface area (Å²) in [5.41, 5.74) is 7.39. The van der Waals surface area contributed by atoms with Crippen molar-refractivity contribution in [1.82, 2.24) is 0 Å². The Morgan fingerprint density at radius 1 is 0.518 bits per heavy atom. The summed E-state index contributed by atoms with van der Waals surface area (Å²) in [6, 6.07) is 9.51. The lowest BCUT2D eigenvalue weighted by atomic mass is 9.58. The van der Waals surface area contributed by atoms with Crippen molar-refractivity contribution in [3.8, 4) is 11.5 Å². The highest BCUT2D eigenvalue weighted by Gasteiger charge is 2.44. The molecule has 0 aromatic heterocycles. The Hall–Kier alpha value is -1.57. The molecule has 4 heterocycles. The van der Waals surface area contributed by atoms with Crippen LogP contribution < -0.4 is 9.05 Å². The summed E-state index contributed by atoms with van der Waals surface area (Å²) in [7, 11) is -2.16. The van der Waals surface area contributed by atoms with Crippen LogP contribution in [0.15, 0.2) is 24.3 Å². The predicted molar refractivity (Wildman–Crippen MR) is 247 cm³/mol. The van der Waals surface area contributed by atoms with Crippen LogP contribution in [0.4, 0.5) is 0 Å². The first-order valence-corrected chi connectivity index (χ1v) is 25.0. The Kier molecular flexibility index (Phi) is 21.3. The van der Waals surface area contributed by atoms with Gasteiger partial charge in [0.15, 0.2) is 0 Å². The Bertz CT molecular complexity index is 1320. The van der Waals surface area contributed by atoms with Gasteiger partial charge in [-0.3, -0.25) is 0 Å². The van der Waals surface area contributed by atoms with Crippen molar-refractivity contribution >= 4 is 8.60 Å². The van der Waals surface area contributed by atoms with Crippen LogP contribution >= 0.6 is 8.60 Å². The van der Waals surface area contributed by atoms with Crippen LogP contribution in [0.5, 0.6) is 11.5 Å². The van der Waals surface area contributed by atoms with E-state index < -0.39 is 8.60 Å². The number of benzene rings is 2. The maximum absolute atomic E-state index is 11.4. The molecule has 0 spiro atoms. The molecule has 56 heavy (non-hydrogen) atoms. The minimum atomic E-state index is -2.16. The molecule has 320 valence electrons. The topological polar surface area (TPSA) is 38.7 Å². The van der Waals surface area contributed by atoms with E-state index in [1.165, 1.54) is 181 Å². The lowest BCUT2D eigenvalue weighted by molar-refractivity contribution is 0.254. The Morgan fingerprint density at radius 3 is 1.20 bits per heavy atom. The van der Waals surface area contributed by atoms with E-state index in [1.807, 2.05) is 0 Å². The maximum Gasteiger partial charge on any atom is 0.460 e. The van der Waals surface area contributed by atoms with Gasteiger partial charge in [-0.05, 0) is 77.8 Å². The van der Waals surface area contributed by atoms with E-state index in [9.17, 15) is 4.89 Å². The van der Waals surface area contributed by atoms with Gasteiger partial charge in [-0.15, -0.1) is 0 Å². The molecule has 0 amide bonds. The number of hydrogen-bond donors (Lipinski definition) is 1. The van der Waals surface area contributed by atoms with Crippen molar-refractivity contribution in [3.63, 3.8) is 0 Å². The molecule has 2 aromatic rings. The number of aryl methyl sites for hydroxylation is 2. The van der Waals surface area contributed by atoms with Crippen molar-refractivity contribution in [2.75, 3.05) is 0 Å². The van der Waals surface area contributed by atoms with E-state index in [1.54, 1.807) is 0 Å². The second-order valence-corrected chi connectivity index (χ2v) is 20.8. The Labute approximate surface area is 349 Å². The predicted octanol–water partition coefficient (Wildman–Crippen LogP) is 17.6. The van der Waals surface area contributed by atoms with Crippen LogP contribution in [0.1, 0.15) is 256 Å². The van der Waals surface area contributed by atoms with Crippen molar-refractivity contribution in [3.05, 3.63) is 57.6 Å². The highest BCUT2D eigenvalue weighted by atomic mass is 31.2. The van der Waals surface area contributed by atoms with E-state index in [0.29, 0.717) is 5.92 Å². The summed E-state index contributed by atoms with van der Waals surface area (Å²) in [5.74, 6) is 2.04. The third kappa shape index (κ3) is 14.6. The fourth-order valence-corrected chi connectivity index (χ4v) is 10.5. The van der Waals surface area contributed by atoms with Crippen LogP contribution in [0.3, 0.4) is 0 Å².